The zero-order valence-electron chi connectivity index (χ0n) is 10.4. The van der Waals surface area contributed by atoms with E-state index in [-0.39, 0.29) is 10.0 Å². The van der Waals surface area contributed by atoms with E-state index >= 15 is 0 Å². The molecule has 1 nitrogen and oxygen atoms in total. The summed E-state index contributed by atoms with van der Waals surface area (Å²) in [7, 11) is 1.69. The van der Waals surface area contributed by atoms with Crippen LogP contribution in [0, 0.1) is 15.2 Å². The maximum atomic E-state index is 14.1. The Labute approximate surface area is 143 Å². The molecule has 0 aliphatic carbocycles. The average Bonchev–Trinajstić information content (AvgIpc) is 2.40. The molecular formula is C14H10BrClF2IN. The van der Waals surface area contributed by atoms with E-state index in [1.54, 1.807) is 13.1 Å². The summed E-state index contributed by atoms with van der Waals surface area (Å²) in [5.41, 5.74) is 1.02. The third-order valence-corrected chi connectivity index (χ3v) is 5.10. The van der Waals surface area contributed by atoms with Gasteiger partial charge in [0.25, 0.3) is 0 Å². The first-order valence-corrected chi connectivity index (χ1v) is 7.95. The van der Waals surface area contributed by atoms with Crippen LogP contribution in [0.1, 0.15) is 17.2 Å². The summed E-state index contributed by atoms with van der Waals surface area (Å²) >= 11 is 11.2. The van der Waals surface area contributed by atoms with Crippen LogP contribution in [0.5, 0.6) is 0 Å². The van der Waals surface area contributed by atoms with Crippen LogP contribution in [0.25, 0.3) is 0 Å². The van der Waals surface area contributed by atoms with E-state index in [0.29, 0.717) is 5.02 Å². The van der Waals surface area contributed by atoms with Gasteiger partial charge in [0.2, 0.25) is 0 Å². The highest BCUT2D eigenvalue weighted by Gasteiger charge is 2.19. The van der Waals surface area contributed by atoms with Crippen molar-refractivity contribution in [2.45, 2.75) is 6.04 Å². The lowest BCUT2D eigenvalue weighted by atomic mass is 9.98. The van der Waals surface area contributed by atoms with Gasteiger partial charge in [0, 0.05) is 9.13 Å². The van der Waals surface area contributed by atoms with E-state index in [1.807, 2.05) is 12.1 Å². The van der Waals surface area contributed by atoms with Crippen LogP contribution >= 0.6 is 50.1 Å². The highest BCUT2D eigenvalue weighted by molar-refractivity contribution is 14.1. The van der Waals surface area contributed by atoms with Crippen molar-refractivity contribution in [1.29, 1.82) is 0 Å². The monoisotopic (exact) mass is 471 g/mol. The van der Waals surface area contributed by atoms with Crippen LogP contribution in [0.4, 0.5) is 8.78 Å². The van der Waals surface area contributed by atoms with Gasteiger partial charge in [-0.05, 0) is 75.4 Å². The molecule has 20 heavy (non-hydrogen) atoms. The van der Waals surface area contributed by atoms with Gasteiger partial charge in [-0.3, -0.25) is 0 Å². The van der Waals surface area contributed by atoms with Gasteiger partial charge in [-0.15, -0.1) is 0 Å². The van der Waals surface area contributed by atoms with Gasteiger partial charge in [-0.1, -0.05) is 17.7 Å². The molecule has 2 aromatic carbocycles. The number of benzene rings is 2. The number of nitrogens with one attached hydrogen (secondary N) is 1. The molecular weight excluding hydrogens is 462 g/mol. The predicted molar refractivity (Wildman–Crippen MR) is 89.1 cm³/mol. The van der Waals surface area contributed by atoms with Gasteiger partial charge in [0.05, 0.1) is 15.5 Å². The fourth-order valence-corrected chi connectivity index (χ4v) is 2.79. The quantitative estimate of drug-likeness (QED) is 0.473. The predicted octanol–water partition coefficient (Wildman–Crippen LogP) is 5.29. The van der Waals surface area contributed by atoms with E-state index in [2.05, 4.69) is 43.8 Å². The molecule has 0 fully saturated rings. The molecule has 2 aromatic rings. The van der Waals surface area contributed by atoms with Crippen molar-refractivity contribution in [1.82, 2.24) is 5.32 Å². The summed E-state index contributed by atoms with van der Waals surface area (Å²) in [5, 5.41) is 3.57. The lowest BCUT2D eigenvalue weighted by molar-refractivity contribution is 0.555. The molecule has 2 rings (SSSR count). The standard InChI is InChI=1S/C14H10BrClF2IN/c1-20-14(7-2-3-13(19)10(16)4-7)8-5-12(18)9(15)6-11(8)17/h2-6,14,20H,1H3. The van der Waals surface area contributed by atoms with E-state index in [4.69, 9.17) is 11.6 Å². The minimum absolute atomic E-state index is 0.106. The van der Waals surface area contributed by atoms with Gasteiger partial charge in [0.1, 0.15) is 11.6 Å². The Morgan fingerprint density at radius 2 is 1.90 bits per heavy atom. The molecule has 6 heteroatoms. The lowest BCUT2D eigenvalue weighted by Gasteiger charge is -2.19. The van der Waals surface area contributed by atoms with Gasteiger partial charge >= 0.3 is 0 Å². The third-order valence-electron chi connectivity index (χ3n) is 2.92. The molecule has 106 valence electrons. The van der Waals surface area contributed by atoms with Gasteiger partial charge in [0.15, 0.2) is 0 Å². The fraction of sp³-hybridized carbons (Fsp3) is 0.143. The maximum Gasteiger partial charge on any atom is 0.137 e. The summed E-state index contributed by atoms with van der Waals surface area (Å²) in [6.45, 7) is 0. The highest BCUT2D eigenvalue weighted by atomic mass is 127. The normalized spacial score (nSPS) is 12.5. The molecule has 1 N–H and O–H groups in total. The SMILES string of the molecule is CNC(c1ccc(I)c(Cl)c1)c1cc(F)c(Br)cc1F. The summed E-state index contributed by atoms with van der Waals surface area (Å²) in [6, 6.07) is 7.29. The Morgan fingerprint density at radius 3 is 2.50 bits per heavy atom. The smallest absolute Gasteiger partial charge is 0.137 e. The molecule has 1 unspecified atom stereocenters. The maximum absolute atomic E-state index is 14.1. The summed E-state index contributed by atoms with van der Waals surface area (Å²) < 4.78 is 28.7. The van der Waals surface area contributed by atoms with Crippen LogP contribution in [0.15, 0.2) is 34.8 Å². The zero-order chi connectivity index (χ0) is 14.9. The van der Waals surface area contributed by atoms with Gasteiger partial charge in [-0.25, -0.2) is 8.78 Å². The summed E-state index contributed by atoms with van der Waals surface area (Å²) in [4.78, 5) is 0. The Hall–Kier alpha value is -0.240. The second-order valence-electron chi connectivity index (χ2n) is 4.18. The third kappa shape index (κ3) is 3.32. The van der Waals surface area contributed by atoms with Crippen molar-refractivity contribution in [3.05, 3.63) is 66.2 Å². The Morgan fingerprint density at radius 1 is 1.20 bits per heavy atom. The van der Waals surface area contributed by atoms with Crippen LogP contribution < -0.4 is 5.32 Å². The lowest BCUT2D eigenvalue weighted by Crippen LogP contribution is -2.19. The molecule has 0 aliphatic rings. The fourth-order valence-electron chi connectivity index (χ4n) is 1.95. The number of halogens is 5. The molecule has 0 bridgehead atoms. The number of hydrogen-bond donors (Lipinski definition) is 1. The highest BCUT2D eigenvalue weighted by Crippen LogP contribution is 2.30. The first-order chi connectivity index (χ1) is 9.43. The molecule has 0 amide bonds. The van der Waals surface area contributed by atoms with Crippen molar-refractivity contribution >= 4 is 50.1 Å². The van der Waals surface area contributed by atoms with Crippen LogP contribution in [0.3, 0.4) is 0 Å². The minimum atomic E-state index is -0.502. The second-order valence-corrected chi connectivity index (χ2v) is 6.61. The molecule has 1 atom stereocenters. The minimum Gasteiger partial charge on any atom is -0.309 e. The number of hydrogen-bond acceptors (Lipinski definition) is 1. The van der Waals surface area contributed by atoms with E-state index in [0.717, 1.165) is 15.2 Å². The number of rotatable bonds is 3. The molecule has 0 saturated heterocycles. The van der Waals surface area contributed by atoms with Gasteiger partial charge in [-0.2, -0.15) is 0 Å². The summed E-state index contributed by atoms with van der Waals surface area (Å²) in [5.74, 6) is -0.981. The van der Waals surface area contributed by atoms with Crippen molar-refractivity contribution < 1.29 is 8.78 Å². The Bertz CT molecular complexity index is 651. The molecule has 0 aromatic heterocycles. The van der Waals surface area contributed by atoms with Crippen molar-refractivity contribution in [2.75, 3.05) is 7.05 Å². The van der Waals surface area contributed by atoms with E-state index in [9.17, 15) is 8.78 Å². The van der Waals surface area contributed by atoms with Crippen molar-refractivity contribution in [2.24, 2.45) is 0 Å². The van der Waals surface area contributed by atoms with E-state index < -0.39 is 17.7 Å². The van der Waals surface area contributed by atoms with E-state index in [1.165, 1.54) is 6.07 Å². The van der Waals surface area contributed by atoms with Crippen LogP contribution in [0.2, 0.25) is 5.02 Å². The average molecular weight is 472 g/mol. The second kappa shape index (κ2) is 6.68. The first-order valence-electron chi connectivity index (χ1n) is 5.70. The molecule has 0 aliphatic heterocycles. The molecule has 0 radical (unpaired) electrons. The molecule has 0 heterocycles. The van der Waals surface area contributed by atoms with Crippen LogP contribution in [-0.2, 0) is 0 Å². The Balaban J connectivity index is 2.52. The van der Waals surface area contributed by atoms with Crippen LogP contribution in [-0.4, -0.2) is 7.05 Å². The van der Waals surface area contributed by atoms with Crippen molar-refractivity contribution in [3.63, 3.8) is 0 Å². The van der Waals surface area contributed by atoms with Crippen molar-refractivity contribution in [3.8, 4) is 0 Å². The molecule has 0 spiro atoms. The first kappa shape index (κ1) is 16.1. The summed E-state index contributed by atoms with van der Waals surface area (Å²) in [6.07, 6.45) is 0. The van der Waals surface area contributed by atoms with Gasteiger partial charge < -0.3 is 5.32 Å². The Kier molecular flexibility index (Phi) is 5.39. The molecule has 0 saturated carbocycles. The topological polar surface area (TPSA) is 12.0 Å². The zero-order valence-corrected chi connectivity index (χ0v) is 14.9. The largest absolute Gasteiger partial charge is 0.309 e.